The van der Waals surface area contributed by atoms with Crippen LogP contribution >= 0.6 is 0 Å². The molecule has 1 aromatic carbocycles. The summed E-state index contributed by atoms with van der Waals surface area (Å²) in [7, 11) is 0. The maximum Gasteiger partial charge on any atom is 0.161 e. The molecule has 0 aliphatic carbocycles. The largest absolute Gasteiger partial charge is 0.486 e. The van der Waals surface area contributed by atoms with Gasteiger partial charge in [0.2, 0.25) is 0 Å². The monoisotopic (exact) mass is 312 g/mol. The van der Waals surface area contributed by atoms with Crippen molar-refractivity contribution < 1.29 is 14.2 Å². The topological polar surface area (TPSA) is 43.8 Å². The van der Waals surface area contributed by atoms with E-state index in [1.54, 1.807) is 6.20 Å². The molecular formula is C18H20N2O3. The second-order valence-corrected chi connectivity index (χ2v) is 5.86. The molecule has 0 bridgehead atoms. The second kappa shape index (κ2) is 6.56. The number of benzene rings is 1. The van der Waals surface area contributed by atoms with Crippen LogP contribution in [0.25, 0.3) is 0 Å². The maximum absolute atomic E-state index is 5.90. The average Bonchev–Trinajstić information content (AvgIpc) is 2.63. The molecule has 1 unspecified atom stereocenters. The lowest BCUT2D eigenvalue weighted by Gasteiger charge is -2.33. The Morgan fingerprint density at radius 1 is 1.09 bits per heavy atom. The van der Waals surface area contributed by atoms with Crippen molar-refractivity contribution in [1.82, 2.24) is 9.88 Å². The molecule has 23 heavy (non-hydrogen) atoms. The summed E-state index contributed by atoms with van der Waals surface area (Å²) in [6, 6.07) is 10.2. The van der Waals surface area contributed by atoms with Crippen molar-refractivity contribution in [1.29, 1.82) is 0 Å². The standard InChI is InChI=1S/C18H20N2O3/c1-2-15(11-19-5-1)18-13-20(6-7-21-18)12-14-3-4-16-17(10-14)23-9-8-22-16/h1-5,10-11,18H,6-9,12-13H2. The average molecular weight is 312 g/mol. The number of nitrogens with zero attached hydrogens (tertiary/aromatic N) is 2. The molecule has 1 atom stereocenters. The number of pyridine rings is 1. The highest BCUT2D eigenvalue weighted by Gasteiger charge is 2.22. The molecule has 0 amide bonds. The minimum Gasteiger partial charge on any atom is -0.486 e. The number of aromatic nitrogens is 1. The first-order valence-electron chi connectivity index (χ1n) is 8.01. The van der Waals surface area contributed by atoms with Crippen LogP contribution in [0.3, 0.4) is 0 Å². The molecule has 3 heterocycles. The van der Waals surface area contributed by atoms with Crippen LogP contribution in [0.1, 0.15) is 17.2 Å². The lowest BCUT2D eigenvalue weighted by molar-refractivity contribution is -0.0331. The Labute approximate surface area is 135 Å². The van der Waals surface area contributed by atoms with E-state index in [1.807, 2.05) is 18.3 Å². The normalized spacial score (nSPS) is 21.1. The van der Waals surface area contributed by atoms with Crippen LogP contribution in [0, 0.1) is 0 Å². The number of fused-ring (bicyclic) bond motifs is 1. The Morgan fingerprint density at radius 2 is 2.00 bits per heavy atom. The molecule has 4 rings (SSSR count). The van der Waals surface area contributed by atoms with Crippen LogP contribution in [-0.4, -0.2) is 42.8 Å². The molecule has 5 nitrogen and oxygen atoms in total. The summed E-state index contributed by atoms with van der Waals surface area (Å²) in [6.07, 6.45) is 3.77. The van der Waals surface area contributed by atoms with Gasteiger partial charge in [0.1, 0.15) is 13.2 Å². The van der Waals surface area contributed by atoms with E-state index in [1.165, 1.54) is 5.56 Å². The predicted molar refractivity (Wildman–Crippen MR) is 85.6 cm³/mol. The number of rotatable bonds is 3. The van der Waals surface area contributed by atoms with Gasteiger partial charge >= 0.3 is 0 Å². The molecular weight excluding hydrogens is 292 g/mol. The van der Waals surface area contributed by atoms with Gasteiger partial charge in [0, 0.05) is 37.6 Å². The fraction of sp³-hybridized carbons (Fsp3) is 0.389. The number of hydrogen-bond acceptors (Lipinski definition) is 5. The first kappa shape index (κ1) is 14.5. The van der Waals surface area contributed by atoms with E-state index < -0.39 is 0 Å². The zero-order valence-corrected chi connectivity index (χ0v) is 13.0. The molecule has 0 radical (unpaired) electrons. The van der Waals surface area contributed by atoms with Gasteiger partial charge in [-0.1, -0.05) is 12.1 Å². The van der Waals surface area contributed by atoms with Gasteiger partial charge < -0.3 is 14.2 Å². The van der Waals surface area contributed by atoms with Gasteiger partial charge in [-0.2, -0.15) is 0 Å². The second-order valence-electron chi connectivity index (χ2n) is 5.86. The number of morpholine rings is 1. The van der Waals surface area contributed by atoms with Crippen molar-refractivity contribution in [3.63, 3.8) is 0 Å². The van der Waals surface area contributed by atoms with Crippen LogP contribution in [0.4, 0.5) is 0 Å². The van der Waals surface area contributed by atoms with E-state index in [0.29, 0.717) is 13.2 Å². The summed E-state index contributed by atoms with van der Waals surface area (Å²) in [4.78, 5) is 6.60. The van der Waals surface area contributed by atoms with Gasteiger partial charge in [-0.15, -0.1) is 0 Å². The number of ether oxygens (including phenoxy) is 3. The fourth-order valence-corrected chi connectivity index (χ4v) is 3.06. The van der Waals surface area contributed by atoms with Crippen molar-refractivity contribution in [2.24, 2.45) is 0 Å². The lowest BCUT2D eigenvalue weighted by Crippen LogP contribution is -2.37. The van der Waals surface area contributed by atoms with E-state index >= 15 is 0 Å². The van der Waals surface area contributed by atoms with E-state index in [-0.39, 0.29) is 6.10 Å². The molecule has 0 N–H and O–H groups in total. The van der Waals surface area contributed by atoms with Crippen molar-refractivity contribution in [2.75, 3.05) is 32.9 Å². The van der Waals surface area contributed by atoms with Crippen LogP contribution in [0.15, 0.2) is 42.7 Å². The lowest BCUT2D eigenvalue weighted by atomic mass is 10.1. The van der Waals surface area contributed by atoms with Crippen molar-refractivity contribution in [3.8, 4) is 11.5 Å². The van der Waals surface area contributed by atoms with E-state index in [9.17, 15) is 0 Å². The van der Waals surface area contributed by atoms with Crippen molar-refractivity contribution in [2.45, 2.75) is 12.6 Å². The molecule has 120 valence electrons. The minimum absolute atomic E-state index is 0.0923. The van der Waals surface area contributed by atoms with E-state index in [2.05, 4.69) is 28.1 Å². The van der Waals surface area contributed by atoms with Gasteiger partial charge in [-0.3, -0.25) is 9.88 Å². The molecule has 0 spiro atoms. The van der Waals surface area contributed by atoms with Crippen LogP contribution < -0.4 is 9.47 Å². The molecule has 1 aromatic heterocycles. The summed E-state index contributed by atoms with van der Waals surface area (Å²) >= 11 is 0. The SMILES string of the molecule is c1cncc(C2CN(Cc3ccc4c(c3)OCCO4)CCO2)c1. The zero-order chi connectivity index (χ0) is 15.5. The highest BCUT2D eigenvalue weighted by atomic mass is 16.6. The van der Waals surface area contributed by atoms with Gasteiger partial charge in [-0.05, 0) is 23.8 Å². The maximum atomic E-state index is 5.90. The smallest absolute Gasteiger partial charge is 0.161 e. The third-order valence-electron chi connectivity index (χ3n) is 4.22. The highest BCUT2D eigenvalue weighted by Crippen LogP contribution is 2.31. The Bertz CT molecular complexity index is 663. The summed E-state index contributed by atoms with van der Waals surface area (Å²) in [5.74, 6) is 1.70. The summed E-state index contributed by atoms with van der Waals surface area (Å²) in [5, 5.41) is 0. The zero-order valence-electron chi connectivity index (χ0n) is 13.0. The highest BCUT2D eigenvalue weighted by molar-refractivity contribution is 5.43. The minimum atomic E-state index is 0.0923. The van der Waals surface area contributed by atoms with Crippen molar-refractivity contribution >= 4 is 0 Å². The predicted octanol–water partition coefficient (Wildman–Crippen LogP) is 2.43. The Hall–Kier alpha value is -2.11. The molecule has 1 saturated heterocycles. The number of hydrogen-bond donors (Lipinski definition) is 0. The molecule has 2 aliphatic rings. The molecule has 0 saturated carbocycles. The summed E-state index contributed by atoms with van der Waals surface area (Å²) in [5.41, 5.74) is 2.38. The van der Waals surface area contributed by atoms with Crippen LogP contribution in [0.2, 0.25) is 0 Å². The fourth-order valence-electron chi connectivity index (χ4n) is 3.06. The summed E-state index contributed by atoms with van der Waals surface area (Å²) < 4.78 is 17.1. The van der Waals surface area contributed by atoms with Gasteiger partial charge in [-0.25, -0.2) is 0 Å². The van der Waals surface area contributed by atoms with Crippen molar-refractivity contribution in [3.05, 3.63) is 53.9 Å². The Balaban J connectivity index is 1.44. The Morgan fingerprint density at radius 3 is 2.87 bits per heavy atom. The van der Waals surface area contributed by atoms with Crippen LogP contribution in [0.5, 0.6) is 11.5 Å². The first-order chi connectivity index (χ1) is 11.4. The third-order valence-corrected chi connectivity index (χ3v) is 4.22. The molecule has 2 aliphatic heterocycles. The van der Waals surface area contributed by atoms with Gasteiger partial charge in [0.05, 0.1) is 12.7 Å². The van der Waals surface area contributed by atoms with E-state index in [4.69, 9.17) is 14.2 Å². The molecule has 5 heteroatoms. The molecule has 1 fully saturated rings. The van der Waals surface area contributed by atoms with Gasteiger partial charge in [0.25, 0.3) is 0 Å². The Kier molecular flexibility index (Phi) is 4.13. The third kappa shape index (κ3) is 3.30. The van der Waals surface area contributed by atoms with Gasteiger partial charge in [0.15, 0.2) is 11.5 Å². The quantitative estimate of drug-likeness (QED) is 0.871. The van der Waals surface area contributed by atoms with Crippen LogP contribution in [-0.2, 0) is 11.3 Å². The first-order valence-corrected chi connectivity index (χ1v) is 8.01. The van der Waals surface area contributed by atoms with E-state index in [0.717, 1.165) is 43.3 Å². The molecule has 2 aromatic rings. The summed E-state index contributed by atoms with van der Waals surface area (Å²) in [6.45, 7) is 4.69.